The van der Waals surface area contributed by atoms with Crippen LogP contribution >= 0.6 is 0 Å². The highest BCUT2D eigenvalue weighted by atomic mass is 16.5. The van der Waals surface area contributed by atoms with Crippen molar-refractivity contribution in [1.82, 2.24) is 5.32 Å². The second-order valence-corrected chi connectivity index (χ2v) is 4.01. The Bertz CT molecular complexity index is 719. The fourth-order valence-corrected chi connectivity index (χ4v) is 1.40. The monoisotopic (exact) mass is 271 g/mol. The minimum absolute atomic E-state index is 0.0401. The molecule has 1 atom stereocenters. The van der Waals surface area contributed by atoms with Crippen LogP contribution in [0.15, 0.2) is 24.3 Å². The number of rotatable bonds is 7. The van der Waals surface area contributed by atoms with Gasteiger partial charge in [0.2, 0.25) is 5.91 Å². The molecule has 0 saturated carbocycles. The number of carbonyl (C=O) groups is 2. The summed E-state index contributed by atoms with van der Waals surface area (Å²) < 4.78 is 65.1. The van der Waals surface area contributed by atoms with Gasteiger partial charge in [0.05, 0.1) is 22.0 Å². The van der Waals surface area contributed by atoms with Crippen LogP contribution < -0.4 is 5.32 Å². The van der Waals surface area contributed by atoms with Crippen molar-refractivity contribution in [2.24, 2.45) is 5.89 Å². The largest absolute Gasteiger partial charge is 0.384 e. The quantitative estimate of drug-likeness (QED) is 0.823. The highest BCUT2D eigenvalue weighted by Gasteiger charge is 2.19. The van der Waals surface area contributed by atoms with Crippen LogP contribution in [0.2, 0.25) is 0 Å². The van der Waals surface area contributed by atoms with Gasteiger partial charge in [0.25, 0.3) is 0 Å². The van der Waals surface area contributed by atoms with Crippen LogP contribution in [0.5, 0.6) is 0 Å². The molecule has 0 radical (unpaired) electrons. The zero-order valence-corrected chi connectivity index (χ0v) is 10.7. The van der Waals surface area contributed by atoms with Crippen molar-refractivity contribution < 1.29 is 25.3 Å². The lowest BCUT2D eigenvalue weighted by molar-refractivity contribution is -0.130. The third kappa shape index (κ3) is 5.66. The number of methoxy groups -OCH3 is 1. The molecule has 0 spiro atoms. The molecule has 104 valence electrons. The van der Waals surface area contributed by atoms with E-state index < -0.39 is 44.1 Å². The molecule has 0 bridgehead atoms. The molecule has 1 aromatic carbocycles. The number of ketones is 1. The first kappa shape index (κ1) is 7.20. The normalized spacial score (nSPS) is 22.0. The van der Waals surface area contributed by atoms with E-state index in [4.69, 9.17) is 11.0 Å². The number of amides is 1. The van der Waals surface area contributed by atoms with E-state index in [0.717, 1.165) is 6.92 Å². The van der Waals surface area contributed by atoms with Gasteiger partial charge in [0, 0.05) is 21.3 Å². The molecule has 1 N–H and O–H groups in total. The van der Waals surface area contributed by atoms with Crippen LogP contribution in [-0.2, 0) is 20.8 Å². The molecule has 4 heteroatoms. The van der Waals surface area contributed by atoms with Crippen molar-refractivity contribution >= 4 is 11.7 Å². The number of hydrogen-bond donors (Lipinski definition) is 1. The van der Waals surface area contributed by atoms with Crippen molar-refractivity contribution in [3.05, 3.63) is 35.4 Å². The number of benzene rings is 1. The maximum absolute atomic E-state index is 12.6. The standard InChI is InChI=1S/C15H21NO3/c1-11-5-4-6-13(7-11)9-16-15(18)14(10-19-3)8-12(2)17/h4-7,14H,8-10H2,1-3H3,(H,16,18)/i3D3,9D2,10D2,14D. The number of nitrogens with one attached hydrogen (secondary N) is 1. The molecule has 1 aromatic rings. The number of ether oxygens (including phenoxy) is 1. The average molecular weight is 271 g/mol. The first-order chi connectivity index (χ1) is 12.0. The van der Waals surface area contributed by atoms with Gasteiger partial charge < -0.3 is 14.8 Å². The van der Waals surface area contributed by atoms with Gasteiger partial charge in [-0.25, -0.2) is 0 Å². The fraction of sp³-hybridized carbons (Fsp3) is 0.467. The molecular formula is C15H21NO3. The first-order valence-corrected chi connectivity index (χ1v) is 5.59. The van der Waals surface area contributed by atoms with E-state index in [2.05, 4.69) is 4.74 Å². The van der Waals surface area contributed by atoms with Crippen molar-refractivity contribution in [2.75, 3.05) is 13.6 Å². The van der Waals surface area contributed by atoms with Crippen LogP contribution in [0.25, 0.3) is 0 Å². The summed E-state index contributed by atoms with van der Waals surface area (Å²) >= 11 is 0. The van der Waals surface area contributed by atoms with E-state index in [1.54, 1.807) is 19.1 Å². The molecule has 1 unspecified atom stereocenters. The lowest BCUT2D eigenvalue weighted by Crippen LogP contribution is -2.33. The highest BCUT2D eigenvalue weighted by Crippen LogP contribution is 2.07. The Hall–Kier alpha value is -1.68. The van der Waals surface area contributed by atoms with E-state index in [9.17, 15) is 9.59 Å². The smallest absolute Gasteiger partial charge is 0.226 e. The summed E-state index contributed by atoms with van der Waals surface area (Å²) in [5, 5.41) is 1.89. The molecule has 0 aliphatic rings. The molecule has 1 rings (SSSR count). The van der Waals surface area contributed by atoms with Crippen LogP contribution in [-0.4, -0.2) is 25.3 Å². The average Bonchev–Trinajstić information content (AvgIpc) is 2.43. The van der Waals surface area contributed by atoms with Gasteiger partial charge >= 0.3 is 0 Å². The Morgan fingerprint density at radius 3 is 3.00 bits per heavy atom. The summed E-state index contributed by atoms with van der Waals surface area (Å²) in [5.74, 6) is -5.31. The Morgan fingerprint density at radius 1 is 1.58 bits per heavy atom. The molecule has 4 nitrogen and oxygen atoms in total. The SMILES string of the molecule is [2H]C([2H])([2H])OC([2H])([2H])C([2H])(CC(C)=O)C(=O)NC([2H])([2H])c1cccc(C)c1. The van der Waals surface area contributed by atoms with E-state index in [1.165, 1.54) is 12.1 Å². The summed E-state index contributed by atoms with van der Waals surface area (Å²) in [6.07, 6.45) is -1.01. The fourth-order valence-electron chi connectivity index (χ4n) is 1.40. The molecule has 1 amide bonds. The van der Waals surface area contributed by atoms with Crippen molar-refractivity contribution in [3.8, 4) is 0 Å². The minimum Gasteiger partial charge on any atom is -0.384 e. The predicted molar refractivity (Wildman–Crippen MR) is 73.7 cm³/mol. The number of hydrogen-bond acceptors (Lipinski definition) is 3. The third-order valence-corrected chi connectivity index (χ3v) is 2.21. The zero-order chi connectivity index (χ0) is 21.3. The Balaban J connectivity index is 3.27. The van der Waals surface area contributed by atoms with Crippen molar-refractivity contribution in [1.29, 1.82) is 0 Å². The van der Waals surface area contributed by atoms with Gasteiger partial charge in [-0.1, -0.05) is 29.8 Å². The van der Waals surface area contributed by atoms with Crippen LogP contribution in [0.1, 0.15) is 35.4 Å². The number of Topliss-reactive ketones (excluding diaryl/α,β-unsaturated/α-hetero) is 1. The minimum atomic E-state index is -3.39. The van der Waals surface area contributed by atoms with Gasteiger partial charge in [-0.05, 0) is 19.4 Å². The molecule has 0 aliphatic carbocycles. The molecule has 19 heavy (non-hydrogen) atoms. The lowest BCUT2D eigenvalue weighted by atomic mass is 10.0. The zero-order valence-electron chi connectivity index (χ0n) is 18.7. The third-order valence-electron chi connectivity index (χ3n) is 2.21. The predicted octanol–water partition coefficient (Wildman–Crippen LogP) is 1.85. The summed E-state index contributed by atoms with van der Waals surface area (Å²) in [6.45, 7) is -3.19. The van der Waals surface area contributed by atoms with Crippen LogP contribution in [0, 0.1) is 12.8 Å². The van der Waals surface area contributed by atoms with Crippen LogP contribution in [0.3, 0.4) is 0 Å². The highest BCUT2D eigenvalue weighted by molar-refractivity contribution is 5.85. The van der Waals surface area contributed by atoms with Crippen molar-refractivity contribution in [2.45, 2.75) is 26.8 Å². The second kappa shape index (κ2) is 7.69. The number of carbonyl (C=O) groups excluding carboxylic acids is 2. The van der Waals surface area contributed by atoms with Gasteiger partial charge in [0.15, 0.2) is 0 Å². The van der Waals surface area contributed by atoms with E-state index in [1.807, 2.05) is 5.32 Å². The summed E-state index contributed by atoms with van der Waals surface area (Å²) in [4.78, 5) is 24.1. The topological polar surface area (TPSA) is 55.4 Å². The summed E-state index contributed by atoms with van der Waals surface area (Å²) in [7, 11) is -3.28. The molecule has 0 heterocycles. The molecule has 0 aromatic heterocycles. The van der Waals surface area contributed by atoms with E-state index >= 15 is 0 Å². The molecular weight excluding hydrogens is 242 g/mol. The van der Waals surface area contributed by atoms with Gasteiger partial charge in [-0.15, -0.1) is 0 Å². The maximum atomic E-state index is 12.6. The Morgan fingerprint density at radius 2 is 2.37 bits per heavy atom. The first-order valence-electron chi connectivity index (χ1n) is 9.59. The summed E-state index contributed by atoms with van der Waals surface area (Å²) in [6, 6.07) is 6.09. The second-order valence-electron chi connectivity index (χ2n) is 4.01. The van der Waals surface area contributed by atoms with Gasteiger partial charge in [-0.2, -0.15) is 0 Å². The lowest BCUT2D eigenvalue weighted by Gasteiger charge is -2.14. The summed E-state index contributed by atoms with van der Waals surface area (Å²) in [5.41, 5.74) is 0.742. The van der Waals surface area contributed by atoms with E-state index in [0.29, 0.717) is 5.56 Å². The molecule has 0 aliphatic heterocycles. The van der Waals surface area contributed by atoms with Crippen LogP contribution in [0.4, 0.5) is 0 Å². The van der Waals surface area contributed by atoms with E-state index in [-0.39, 0.29) is 5.56 Å². The van der Waals surface area contributed by atoms with Gasteiger partial charge in [0.1, 0.15) is 5.78 Å². The van der Waals surface area contributed by atoms with Gasteiger partial charge in [-0.3, -0.25) is 4.79 Å². The Kier molecular flexibility index (Phi) is 2.91. The maximum Gasteiger partial charge on any atom is 0.226 e. The van der Waals surface area contributed by atoms with Crippen molar-refractivity contribution in [3.63, 3.8) is 0 Å². The Labute approximate surface area is 125 Å². The molecule has 0 fully saturated rings. The number of aryl methyl sites for hydroxylation is 1. The molecule has 0 saturated heterocycles.